The maximum atomic E-state index is 12.4. The summed E-state index contributed by atoms with van der Waals surface area (Å²) in [4.78, 5) is -0.0292. The van der Waals surface area contributed by atoms with Gasteiger partial charge in [0, 0.05) is 15.5 Å². The van der Waals surface area contributed by atoms with Crippen LogP contribution < -0.4 is 4.72 Å². The Balaban J connectivity index is 2.31. The lowest BCUT2D eigenvalue weighted by Crippen LogP contribution is -2.27. The van der Waals surface area contributed by atoms with E-state index in [0.29, 0.717) is 5.02 Å². The second-order valence-electron chi connectivity index (χ2n) is 4.47. The molecule has 3 nitrogen and oxygen atoms in total. The first kappa shape index (κ1) is 16.8. The molecule has 0 saturated carbocycles. The fourth-order valence-electron chi connectivity index (χ4n) is 1.82. The largest absolute Gasteiger partial charge is 0.242 e. The third kappa shape index (κ3) is 4.20. The molecule has 0 unspecified atom stereocenters. The number of nitrogens with one attached hydrogen (secondary N) is 1. The first-order valence-electron chi connectivity index (χ1n) is 6.02. The van der Waals surface area contributed by atoms with Crippen molar-refractivity contribution in [2.45, 2.75) is 17.9 Å². The summed E-state index contributed by atoms with van der Waals surface area (Å²) in [5.74, 6) is 0. The van der Waals surface area contributed by atoms with Crippen molar-refractivity contribution in [3.8, 4) is 0 Å². The molecular weight excluding hydrogens is 397 g/mol. The van der Waals surface area contributed by atoms with Gasteiger partial charge in [-0.2, -0.15) is 0 Å². The molecule has 1 atom stereocenters. The molecule has 0 amide bonds. The van der Waals surface area contributed by atoms with Gasteiger partial charge in [-0.05, 0) is 42.8 Å². The third-order valence-electron chi connectivity index (χ3n) is 2.86. The Morgan fingerprint density at radius 1 is 1.14 bits per heavy atom. The zero-order chi connectivity index (χ0) is 15.6. The van der Waals surface area contributed by atoms with E-state index in [-0.39, 0.29) is 9.92 Å². The van der Waals surface area contributed by atoms with Gasteiger partial charge in [-0.15, -0.1) is 0 Å². The van der Waals surface area contributed by atoms with Crippen molar-refractivity contribution in [2.24, 2.45) is 0 Å². The van der Waals surface area contributed by atoms with E-state index in [9.17, 15) is 8.42 Å². The van der Waals surface area contributed by atoms with E-state index in [4.69, 9.17) is 23.2 Å². The molecule has 0 bridgehead atoms. The van der Waals surface area contributed by atoms with Gasteiger partial charge in [0.2, 0.25) is 10.0 Å². The molecule has 0 spiro atoms. The Bertz CT molecular complexity index is 765. The number of hydrogen-bond donors (Lipinski definition) is 1. The highest BCUT2D eigenvalue weighted by Crippen LogP contribution is 2.27. The monoisotopic (exact) mass is 407 g/mol. The number of rotatable bonds is 4. The van der Waals surface area contributed by atoms with Gasteiger partial charge in [-0.25, -0.2) is 13.1 Å². The van der Waals surface area contributed by atoms with Crippen LogP contribution in [0, 0.1) is 0 Å². The fraction of sp³-hybridized carbons (Fsp3) is 0.143. The van der Waals surface area contributed by atoms with Crippen LogP contribution in [-0.4, -0.2) is 8.42 Å². The third-order valence-corrected chi connectivity index (χ3v) is 5.61. The summed E-state index contributed by atoms with van der Waals surface area (Å²) in [5.41, 5.74) is 0.839. The molecule has 0 aliphatic carbocycles. The molecule has 0 radical (unpaired) electrons. The molecule has 7 heteroatoms. The van der Waals surface area contributed by atoms with Crippen molar-refractivity contribution in [2.75, 3.05) is 0 Å². The number of halogens is 3. The van der Waals surface area contributed by atoms with Gasteiger partial charge in [0.05, 0.1) is 5.02 Å². The lowest BCUT2D eigenvalue weighted by Gasteiger charge is -2.16. The number of hydrogen-bond acceptors (Lipinski definition) is 2. The smallest absolute Gasteiger partial charge is 0.207 e. The van der Waals surface area contributed by atoms with Crippen molar-refractivity contribution < 1.29 is 8.42 Å². The zero-order valence-corrected chi connectivity index (χ0v) is 14.9. The summed E-state index contributed by atoms with van der Waals surface area (Å²) in [6, 6.07) is 11.4. The van der Waals surface area contributed by atoms with Crippen molar-refractivity contribution in [1.29, 1.82) is 0 Å². The van der Waals surface area contributed by atoms with Crippen molar-refractivity contribution in [1.82, 2.24) is 4.72 Å². The molecule has 0 aliphatic heterocycles. The maximum absolute atomic E-state index is 12.4. The highest BCUT2D eigenvalue weighted by molar-refractivity contribution is 9.10. The van der Waals surface area contributed by atoms with E-state index in [1.54, 1.807) is 13.0 Å². The molecule has 112 valence electrons. The minimum absolute atomic E-state index is 0.0292. The molecule has 2 aromatic carbocycles. The maximum Gasteiger partial charge on any atom is 0.242 e. The molecule has 0 aliphatic rings. The van der Waals surface area contributed by atoms with Crippen LogP contribution in [0.5, 0.6) is 0 Å². The van der Waals surface area contributed by atoms with Crippen LogP contribution in [0.3, 0.4) is 0 Å². The first-order valence-corrected chi connectivity index (χ1v) is 9.05. The second-order valence-corrected chi connectivity index (χ2v) is 7.91. The van der Waals surface area contributed by atoms with Crippen LogP contribution in [-0.2, 0) is 10.0 Å². The van der Waals surface area contributed by atoms with Crippen LogP contribution in [0.1, 0.15) is 18.5 Å². The van der Waals surface area contributed by atoms with Gasteiger partial charge >= 0.3 is 0 Å². The Hall–Kier alpha value is -0.590. The second kappa shape index (κ2) is 6.67. The highest BCUT2D eigenvalue weighted by Gasteiger charge is 2.21. The molecule has 0 fully saturated rings. The summed E-state index contributed by atoms with van der Waals surface area (Å²) >= 11 is 15.2. The average molecular weight is 409 g/mol. The van der Waals surface area contributed by atoms with Crippen LogP contribution >= 0.6 is 39.1 Å². The minimum atomic E-state index is -3.76. The summed E-state index contributed by atoms with van der Waals surface area (Å²) in [6.07, 6.45) is 0. The summed E-state index contributed by atoms with van der Waals surface area (Å²) in [6.45, 7) is 1.76. The highest BCUT2D eigenvalue weighted by atomic mass is 79.9. The zero-order valence-electron chi connectivity index (χ0n) is 11.0. The Kier molecular flexibility index (Phi) is 5.33. The summed E-state index contributed by atoms with van der Waals surface area (Å²) in [5, 5.41) is 0.447. The van der Waals surface area contributed by atoms with Crippen LogP contribution in [0.15, 0.2) is 51.8 Å². The Morgan fingerprint density at radius 3 is 2.52 bits per heavy atom. The summed E-state index contributed by atoms with van der Waals surface area (Å²) in [7, 11) is -3.76. The standard InChI is InChI=1S/C14H12BrCl2NO2S/c1-9(10-3-2-4-11(15)7-10)18-21(19,20)14-8-12(16)5-6-13(14)17/h2-9,18H,1H3/t9-/m1/s1. The van der Waals surface area contributed by atoms with Crippen molar-refractivity contribution in [3.63, 3.8) is 0 Å². The topological polar surface area (TPSA) is 46.2 Å². The van der Waals surface area contributed by atoms with Crippen LogP contribution in [0.25, 0.3) is 0 Å². The Morgan fingerprint density at radius 2 is 1.86 bits per heavy atom. The molecule has 1 N–H and O–H groups in total. The average Bonchev–Trinajstić information content (AvgIpc) is 2.41. The minimum Gasteiger partial charge on any atom is -0.207 e. The van der Waals surface area contributed by atoms with E-state index in [1.165, 1.54) is 12.1 Å². The van der Waals surface area contributed by atoms with Gasteiger partial charge in [-0.1, -0.05) is 51.3 Å². The van der Waals surface area contributed by atoms with E-state index in [2.05, 4.69) is 20.7 Å². The molecule has 21 heavy (non-hydrogen) atoms. The SMILES string of the molecule is C[C@@H](NS(=O)(=O)c1cc(Cl)ccc1Cl)c1cccc(Br)c1. The Labute approximate surface area is 142 Å². The molecule has 0 aromatic heterocycles. The van der Waals surface area contributed by atoms with Gasteiger partial charge in [-0.3, -0.25) is 0 Å². The van der Waals surface area contributed by atoms with Crippen LogP contribution in [0.4, 0.5) is 0 Å². The number of sulfonamides is 1. The lowest BCUT2D eigenvalue weighted by molar-refractivity contribution is 0.567. The first-order chi connectivity index (χ1) is 9.79. The normalized spacial score (nSPS) is 13.1. The van der Waals surface area contributed by atoms with Gasteiger partial charge < -0.3 is 0 Å². The number of benzene rings is 2. The summed E-state index contributed by atoms with van der Waals surface area (Å²) < 4.78 is 28.3. The van der Waals surface area contributed by atoms with E-state index < -0.39 is 16.1 Å². The lowest BCUT2D eigenvalue weighted by atomic mass is 10.1. The molecule has 2 aromatic rings. The van der Waals surface area contributed by atoms with Crippen molar-refractivity contribution in [3.05, 3.63) is 62.5 Å². The van der Waals surface area contributed by atoms with Gasteiger partial charge in [0.25, 0.3) is 0 Å². The van der Waals surface area contributed by atoms with E-state index in [0.717, 1.165) is 10.0 Å². The molecule has 0 heterocycles. The predicted molar refractivity (Wildman–Crippen MR) is 89.3 cm³/mol. The fourth-order valence-corrected chi connectivity index (χ4v) is 4.23. The van der Waals surface area contributed by atoms with Crippen molar-refractivity contribution >= 4 is 49.2 Å². The van der Waals surface area contributed by atoms with E-state index in [1.807, 2.05) is 24.3 Å². The molecular formula is C14H12BrCl2NO2S. The molecule has 2 rings (SSSR count). The van der Waals surface area contributed by atoms with Gasteiger partial charge in [0.1, 0.15) is 4.90 Å². The van der Waals surface area contributed by atoms with E-state index >= 15 is 0 Å². The van der Waals surface area contributed by atoms with Crippen LogP contribution in [0.2, 0.25) is 10.0 Å². The quantitative estimate of drug-likeness (QED) is 0.789. The van der Waals surface area contributed by atoms with Gasteiger partial charge in [0.15, 0.2) is 0 Å². The molecule has 0 saturated heterocycles. The predicted octanol–water partition coefficient (Wildman–Crippen LogP) is 4.80.